The number of halogens is 2. The molecule has 2 aromatic rings. The fourth-order valence-electron chi connectivity index (χ4n) is 2.35. The standard InChI is InChI=1S/C15H14F2N2O2S/c1-21-7-10-4-5-19(10)15(20)13-8-22-14(18-13)9-2-3-11(16)12(17)6-9/h2-3,6,8,10H,4-5,7H2,1H3. The molecule has 1 amide bonds. The minimum Gasteiger partial charge on any atom is -0.383 e. The minimum absolute atomic E-state index is 0.0888. The SMILES string of the molecule is COCC1CCN1C(=O)c1csc(-c2ccc(F)c(F)c2)n1. The fraction of sp³-hybridized carbons (Fsp3) is 0.333. The van der Waals surface area contributed by atoms with Crippen molar-refractivity contribution in [1.82, 2.24) is 9.88 Å². The van der Waals surface area contributed by atoms with Crippen LogP contribution in [0, 0.1) is 11.6 Å². The molecule has 1 saturated heterocycles. The molecule has 0 N–H and O–H groups in total. The molecular formula is C15H14F2N2O2S. The van der Waals surface area contributed by atoms with Crippen molar-refractivity contribution < 1.29 is 18.3 Å². The van der Waals surface area contributed by atoms with Crippen molar-refractivity contribution in [1.29, 1.82) is 0 Å². The van der Waals surface area contributed by atoms with Crippen LogP contribution in [0.2, 0.25) is 0 Å². The van der Waals surface area contributed by atoms with E-state index in [2.05, 4.69) is 4.98 Å². The van der Waals surface area contributed by atoms with Gasteiger partial charge in [-0.2, -0.15) is 0 Å². The molecule has 1 unspecified atom stereocenters. The molecule has 1 aliphatic heterocycles. The van der Waals surface area contributed by atoms with E-state index >= 15 is 0 Å². The van der Waals surface area contributed by atoms with Gasteiger partial charge in [-0.25, -0.2) is 13.8 Å². The number of benzene rings is 1. The van der Waals surface area contributed by atoms with E-state index in [0.717, 1.165) is 18.6 Å². The van der Waals surface area contributed by atoms with Crippen LogP contribution in [-0.4, -0.2) is 42.1 Å². The van der Waals surface area contributed by atoms with E-state index in [1.54, 1.807) is 17.4 Å². The lowest BCUT2D eigenvalue weighted by Crippen LogP contribution is -2.53. The van der Waals surface area contributed by atoms with E-state index in [1.165, 1.54) is 17.4 Å². The number of amides is 1. The molecule has 22 heavy (non-hydrogen) atoms. The molecule has 1 atom stereocenters. The van der Waals surface area contributed by atoms with E-state index in [4.69, 9.17) is 4.74 Å². The zero-order valence-electron chi connectivity index (χ0n) is 11.9. The molecule has 2 heterocycles. The maximum absolute atomic E-state index is 13.3. The number of rotatable bonds is 4. The number of carbonyl (C=O) groups excluding carboxylic acids is 1. The van der Waals surface area contributed by atoms with Crippen molar-refractivity contribution in [3.63, 3.8) is 0 Å². The van der Waals surface area contributed by atoms with Gasteiger partial charge in [0.15, 0.2) is 11.6 Å². The van der Waals surface area contributed by atoms with E-state index in [9.17, 15) is 13.6 Å². The molecule has 0 spiro atoms. The van der Waals surface area contributed by atoms with E-state index in [1.807, 2.05) is 0 Å². The molecule has 0 radical (unpaired) electrons. The topological polar surface area (TPSA) is 42.4 Å². The Balaban J connectivity index is 1.78. The van der Waals surface area contributed by atoms with Gasteiger partial charge in [0.05, 0.1) is 12.6 Å². The van der Waals surface area contributed by atoms with Crippen LogP contribution in [0.15, 0.2) is 23.6 Å². The van der Waals surface area contributed by atoms with Crippen LogP contribution >= 0.6 is 11.3 Å². The number of aromatic nitrogens is 1. The Labute approximate surface area is 130 Å². The first-order chi connectivity index (χ1) is 10.6. The van der Waals surface area contributed by atoms with Crippen LogP contribution in [0.1, 0.15) is 16.9 Å². The van der Waals surface area contributed by atoms with Crippen LogP contribution in [0.4, 0.5) is 8.78 Å². The molecule has 0 saturated carbocycles. The van der Waals surface area contributed by atoms with Crippen molar-refractivity contribution in [3.05, 3.63) is 40.9 Å². The zero-order chi connectivity index (χ0) is 15.7. The van der Waals surface area contributed by atoms with Crippen LogP contribution in [0.5, 0.6) is 0 Å². The Bertz CT molecular complexity index is 705. The summed E-state index contributed by atoms with van der Waals surface area (Å²) in [6.07, 6.45) is 0.916. The Morgan fingerprint density at radius 1 is 1.45 bits per heavy atom. The predicted octanol–water partition coefficient (Wildman–Crippen LogP) is 2.95. The summed E-state index contributed by atoms with van der Waals surface area (Å²) in [5, 5.41) is 2.13. The summed E-state index contributed by atoms with van der Waals surface area (Å²) >= 11 is 1.23. The van der Waals surface area contributed by atoms with Gasteiger partial charge >= 0.3 is 0 Å². The lowest BCUT2D eigenvalue weighted by Gasteiger charge is -2.40. The van der Waals surface area contributed by atoms with Gasteiger partial charge in [-0.1, -0.05) is 0 Å². The van der Waals surface area contributed by atoms with Gasteiger partial charge in [0, 0.05) is 24.6 Å². The van der Waals surface area contributed by atoms with Crippen molar-refractivity contribution in [2.75, 3.05) is 20.3 Å². The average molecular weight is 324 g/mol. The third-order valence-electron chi connectivity index (χ3n) is 3.65. The fourth-order valence-corrected chi connectivity index (χ4v) is 3.15. The van der Waals surface area contributed by atoms with Gasteiger partial charge in [0.1, 0.15) is 10.7 Å². The number of carbonyl (C=O) groups is 1. The molecule has 0 bridgehead atoms. The van der Waals surface area contributed by atoms with Gasteiger partial charge in [0.2, 0.25) is 0 Å². The zero-order valence-corrected chi connectivity index (χ0v) is 12.7. The van der Waals surface area contributed by atoms with Gasteiger partial charge in [-0.15, -0.1) is 11.3 Å². The molecular weight excluding hydrogens is 310 g/mol. The summed E-state index contributed by atoms with van der Waals surface area (Å²) < 4.78 is 31.3. The number of nitrogens with zero attached hydrogens (tertiary/aromatic N) is 2. The predicted molar refractivity (Wildman–Crippen MR) is 78.8 cm³/mol. The van der Waals surface area contributed by atoms with Crippen molar-refractivity contribution in [2.24, 2.45) is 0 Å². The van der Waals surface area contributed by atoms with Gasteiger partial charge < -0.3 is 9.64 Å². The molecule has 1 aromatic heterocycles. The van der Waals surface area contributed by atoms with E-state index in [-0.39, 0.29) is 11.9 Å². The third-order valence-corrected chi connectivity index (χ3v) is 4.55. The second-order valence-electron chi connectivity index (χ2n) is 5.06. The first-order valence-corrected chi connectivity index (χ1v) is 7.69. The lowest BCUT2D eigenvalue weighted by atomic mass is 10.0. The molecule has 116 valence electrons. The van der Waals surface area contributed by atoms with E-state index < -0.39 is 11.6 Å². The molecule has 1 fully saturated rings. The monoisotopic (exact) mass is 324 g/mol. The second-order valence-corrected chi connectivity index (χ2v) is 5.92. The Kier molecular flexibility index (Phi) is 4.17. The number of hydrogen-bond acceptors (Lipinski definition) is 4. The van der Waals surface area contributed by atoms with Crippen molar-refractivity contribution in [3.8, 4) is 10.6 Å². The number of likely N-dealkylation sites (tertiary alicyclic amines) is 1. The van der Waals surface area contributed by atoms with Crippen molar-refractivity contribution >= 4 is 17.2 Å². The quantitative estimate of drug-likeness (QED) is 0.868. The van der Waals surface area contributed by atoms with Crippen molar-refractivity contribution in [2.45, 2.75) is 12.5 Å². The minimum atomic E-state index is -0.927. The van der Waals surface area contributed by atoms with Crippen LogP contribution in [-0.2, 0) is 4.74 Å². The summed E-state index contributed by atoms with van der Waals surface area (Å²) in [6, 6.07) is 3.67. The Morgan fingerprint density at radius 3 is 2.91 bits per heavy atom. The Hall–Kier alpha value is -1.86. The number of ether oxygens (including phenoxy) is 1. The highest BCUT2D eigenvalue weighted by molar-refractivity contribution is 7.13. The van der Waals surface area contributed by atoms with Crippen LogP contribution in [0.3, 0.4) is 0 Å². The number of hydrogen-bond donors (Lipinski definition) is 0. The highest BCUT2D eigenvalue weighted by Crippen LogP contribution is 2.27. The summed E-state index contributed by atoms with van der Waals surface area (Å²) in [5.41, 5.74) is 0.783. The highest BCUT2D eigenvalue weighted by Gasteiger charge is 2.33. The summed E-state index contributed by atoms with van der Waals surface area (Å²) in [4.78, 5) is 18.3. The molecule has 1 aromatic carbocycles. The second kappa shape index (κ2) is 6.10. The summed E-state index contributed by atoms with van der Waals surface area (Å²) in [5.74, 6) is -1.98. The smallest absolute Gasteiger partial charge is 0.273 e. The maximum Gasteiger partial charge on any atom is 0.273 e. The van der Waals surface area contributed by atoms with E-state index in [0.29, 0.717) is 29.4 Å². The van der Waals surface area contributed by atoms with Gasteiger partial charge in [-0.3, -0.25) is 4.79 Å². The highest BCUT2D eigenvalue weighted by atomic mass is 32.1. The Morgan fingerprint density at radius 2 is 2.27 bits per heavy atom. The summed E-state index contributed by atoms with van der Waals surface area (Å²) in [6.45, 7) is 1.19. The van der Waals surface area contributed by atoms with Crippen LogP contribution in [0.25, 0.3) is 10.6 Å². The van der Waals surface area contributed by atoms with Crippen LogP contribution < -0.4 is 0 Å². The normalized spacial score (nSPS) is 17.4. The first-order valence-electron chi connectivity index (χ1n) is 6.81. The molecule has 3 rings (SSSR count). The average Bonchev–Trinajstić information content (AvgIpc) is 2.96. The number of thiazole rings is 1. The molecule has 7 heteroatoms. The molecule has 1 aliphatic rings. The first kappa shape index (κ1) is 15.1. The lowest BCUT2D eigenvalue weighted by molar-refractivity contribution is 0.0198. The molecule has 4 nitrogen and oxygen atoms in total. The number of methoxy groups -OCH3 is 1. The third kappa shape index (κ3) is 2.74. The van der Waals surface area contributed by atoms with Gasteiger partial charge in [-0.05, 0) is 24.6 Å². The summed E-state index contributed by atoms with van der Waals surface area (Å²) in [7, 11) is 1.60. The maximum atomic E-state index is 13.3. The van der Waals surface area contributed by atoms with Gasteiger partial charge in [0.25, 0.3) is 5.91 Å². The molecule has 0 aliphatic carbocycles. The largest absolute Gasteiger partial charge is 0.383 e.